The molecule has 0 saturated carbocycles. The minimum absolute atomic E-state index is 0.172. The number of hydrogen-bond acceptors (Lipinski definition) is 7. The number of anilines is 1. The van der Waals surface area contributed by atoms with Gasteiger partial charge >= 0.3 is 0 Å². The van der Waals surface area contributed by atoms with Gasteiger partial charge in [-0.25, -0.2) is 4.98 Å². The maximum absolute atomic E-state index is 13.0. The fraction of sp³-hybridized carbons (Fsp3) is 0.111. The molecule has 0 radical (unpaired) electrons. The normalized spacial score (nSPS) is 10.8. The van der Waals surface area contributed by atoms with Gasteiger partial charge in [0.2, 0.25) is 5.89 Å². The number of furan rings is 1. The Morgan fingerprint density at radius 1 is 0.889 bits per heavy atom. The Morgan fingerprint density at radius 3 is 2.39 bits per heavy atom. The molecule has 2 aromatic carbocycles. The first-order valence-corrected chi connectivity index (χ1v) is 11.2. The SMILES string of the molecule is Cc1oc(-c2ccc(NC(=O)c3ccoc3)cc2)nc1CNC(=O)c1c(-c2ccccc2)noc1C. The molecule has 180 valence electrons. The molecule has 0 spiro atoms. The van der Waals surface area contributed by atoms with Crippen LogP contribution in [-0.4, -0.2) is 22.0 Å². The molecule has 0 aliphatic carbocycles. The summed E-state index contributed by atoms with van der Waals surface area (Å²) in [5, 5.41) is 9.74. The van der Waals surface area contributed by atoms with E-state index in [2.05, 4.69) is 20.8 Å². The van der Waals surface area contributed by atoms with E-state index in [1.54, 1.807) is 44.2 Å². The summed E-state index contributed by atoms with van der Waals surface area (Å²) >= 11 is 0. The molecular formula is C27H22N4O5. The Labute approximate surface area is 206 Å². The lowest BCUT2D eigenvalue weighted by Gasteiger charge is -2.05. The molecule has 3 aromatic heterocycles. The fourth-order valence-electron chi connectivity index (χ4n) is 3.69. The summed E-state index contributed by atoms with van der Waals surface area (Å²) in [6.45, 7) is 3.67. The number of rotatable bonds is 7. The van der Waals surface area contributed by atoms with Gasteiger partial charge in [-0.05, 0) is 44.2 Å². The van der Waals surface area contributed by atoms with Crippen LogP contribution in [0.1, 0.15) is 37.9 Å². The quantitative estimate of drug-likeness (QED) is 0.319. The number of aromatic nitrogens is 2. The Balaban J connectivity index is 1.26. The Bertz CT molecular complexity index is 1500. The highest BCUT2D eigenvalue weighted by atomic mass is 16.5. The first-order chi connectivity index (χ1) is 17.5. The van der Waals surface area contributed by atoms with Gasteiger partial charge in [0.25, 0.3) is 11.8 Å². The van der Waals surface area contributed by atoms with Crippen molar-refractivity contribution >= 4 is 17.5 Å². The van der Waals surface area contributed by atoms with Gasteiger partial charge in [-0.1, -0.05) is 35.5 Å². The summed E-state index contributed by atoms with van der Waals surface area (Å²) in [6, 6.07) is 18.1. The van der Waals surface area contributed by atoms with E-state index < -0.39 is 0 Å². The molecule has 0 aliphatic rings. The fourth-order valence-corrected chi connectivity index (χ4v) is 3.69. The Morgan fingerprint density at radius 2 is 1.67 bits per heavy atom. The zero-order valence-electron chi connectivity index (χ0n) is 19.6. The molecule has 3 heterocycles. The van der Waals surface area contributed by atoms with Crippen molar-refractivity contribution in [1.82, 2.24) is 15.5 Å². The largest absolute Gasteiger partial charge is 0.472 e. The van der Waals surface area contributed by atoms with Gasteiger partial charge in [-0.15, -0.1) is 0 Å². The third kappa shape index (κ3) is 4.67. The van der Waals surface area contributed by atoms with Gasteiger partial charge in [0.05, 0.1) is 18.4 Å². The highest BCUT2D eigenvalue weighted by Crippen LogP contribution is 2.26. The number of carbonyl (C=O) groups is 2. The molecule has 9 nitrogen and oxygen atoms in total. The monoisotopic (exact) mass is 482 g/mol. The summed E-state index contributed by atoms with van der Waals surface area (Å²) in [5.41, 5.74) is 4.07. The summed E-state index contributed by atoms with van der Waals surface area (Å²) in [7, 11) is 0. The van der Waals surface area contributed by atoms with E-state index in [4.69, 9.17) is 13.4 Å². The van der Waals surface area contributed by atoms with Crippen LogP contribution in [0.5, 0.6) is 0 Å². The zero-order chi connectivity index (χ0) is 25.1. The molecule has 9 heteroatoms. The van der Waals surface area contributed by atoms with Crippen LogP contribution in [-0.2, 0) is 6.54 Å². The average Bonchev–Trinajstić information content (AvgIpc) is 3.64. The van der Waals surface area contributed by atoms with E-state index in [0.29, 0.717) is 45.6 Å². The topological polar surface area (TPSA) is 123 Å². The van der Waals surface area contributed by atoms with E-state index in [0.717, 1.165) is 11.1 Å². The Hall–Kier alpha value is -4.92. The number of oxazole rings is 1. The first kappa shape index (κ1) is 22.9. The van der Waals surface area contributed by atoms with Crippen molar-refractivity contribution in [3.63, 3.8) is 0 Å². The molecule has 5 rings (SSSR count). The van der Waals surface area contributed by atoms with Crippen LogP contribution >= 0.6 is 0 Å². The third-order valence-electron chi connectivity index (χ3n) is 5.62. The van der Waals surface area contributed by atoms with Gasteiger partial charge < -0.3 is 24.0 Å². The van der Waals surface area contributed by atoms with Crippen molar-refractivity contribution < 1.29 is 22.9 Å². The maximum Gasteiger partial charge on any atom is 0.258 e. The molecule has 0 unspecified atom stereocenters. The molecule has 5 aromatic rings. The second-order valence-electron chi connectivity index (χ2n) is 8.08. The minimum Gasteiger partial charge on any atom is -0.472 e. The number of nitrogens with one attached hydrogen (secondary N) is 2. The first-order valence-electron chi connectivity index (χ1n) is 11.2. The lowest BCUT2D eigenvalue weighted by atomic mass is 10.1. The van der Waals surface area contributed by atoms with Crippen molar-refractivity contribution in [2.24, 2.45) is 0 Å². The molecular weight excluding hydrogens is 460 g/mol. The molecule has 0 atom stereocenters. The molecule has 0 fully saturated rings. The van der Waals surface area contributed by atoms with Crippen LogP contribution in [0.4, 0.5) is 5.69 Å². The second kappa shape index (κ2) is 9.75. The van der Waals surface area contributed by atoms with Crippen molar-refractivity contribution in [1.29, 1.82) is 0 Å². The summed E-state index contributed by atoms with van der Waals surface area (Å²) in [6.07, 6.45) is 2.82. The molecule has 0 bridgehead atoms. The van der Waals surface area contributed by atoms with Crippen molar-refractivity contribution in [2.75, 3.05) is 5.32 Å². The summed E-state index contributed by atoms with van der Waals surface area (Å²) < 4.78 is 16.1. The number of carbonyl (C=O) groups excluding carboxylic acids is 2. The van der Waals surface area contributed by atoms with Crippen molar-refractivity contribution in [2.45, 2.75) is 20.4 Å². The van der Waals surface area contributed by atoms with Crippen LogP contribution in [0.3, 0.4) is 0 Å². The van der Waals surface area contributed by atoms with E-state index in [9.17, 15) is 9.59 Å². The smallest absolute Gasteiger partial charge is 0.258 e. The third-order valence-corrected chi connectivity index (χ3v) is 5.62. The molecule has 36 heavy (non-hydrogen) atoms. The van der Waals surface area contributed by atoms with Crippen molar-refractivity contribution in [3.05, 3.63) is 102 Å². The second-order valence-corrected chi connectivity index (χ2v) is 8.08. The minimum atomic E-state index is -0.311. The summed E-state index contributed by atoms with van der Waals surface area (Å²) in [4.78, 5) is 29.7. The van der Waals surface area contributed by atoms with Crippen LogP contribution in [0, 0.1) is 13.8 Å². The predicted octanol–water partition coefficient (Wildman–Crippen LogP) is 5.39. The van der Waals surface area contributed by atoms with E-state index in [1.165, 1.54) is 12.5 Å². The molecule has 0 saturated heterocycles. The van der Waals surface area contributed by atoms with Gasteiger partial charge in [0.15, 0.2) is 0 Å². The van der Waals surface area contributed by atoms with E-state index >= 15 is 0 Å². The van der Waals surface area contributed by atoms with Gasteiger partial charge in [0, 0.05) is 16.8 Å². The lowest BCUT2D eigenvalue weighted by Crippen LogP contribution is -2.24. The number of hydrogen-bond donors (Lipinski definition) is 2. The average molecular weight is 482 g/mol. The lowest BCUT2D eigenvalue weighted by molar-refractivity contribution is 0.0948. The number of aryl methyl sites for hydroxylation is 2. The predicted molar refractivity (Wildman–Crippen MR) is 131 cm³/mol. The number of benzene rings is 2. The Kier molecular flexibility index (Phi) is 6.19. The van der Waals surface area contributed by atoms with Crippen LogP contribution in [0.2, 0.25) is 0 Å². The summed E-state index contributed by atoms with van der Waals surface area (Å²) in [5.74, 6) is 0.863. The van der Waals surface area contributed by atoms with E-state index in [1.807, 2.05) is 30.3 Å². The van der Waals surface area contributed by atoms with Gasteiger partial charge in [-0.2, -0.15) is 0 Å². The molecule has 0 aliphatic heterocycles. The molecule has 2 N–H and O–H groups in total. The zero-order valence-corrected chi connectivity index (χ0v) is 19.6. The van der Waals surface area contributed by atoms with Gasteiger partial charge in [0.1, 0.15) is 34.7 Å². The maximum atomic E-state index is 13.0. The van der Waals surface area contributed by atoms with Crippen LogP contribution in [0.25, 0.3) is 22.7 Å². The highest BCUT2D eigenvalue weighted by Gasteiger charge is 2.22. The van der Waals surface area contributed by atoms with E-state index in [-0.39, 0.29) is 18.4 Å². The van der Waals surface area contributed by atoms with Crippen LogP contribution in [0.15, 0.2) is 86.5 Å². The number of nitrogens with zero attached hydrogens (tertiary/aromatic N) is 2. The van der Waals surface area contributed by atoms with Crippen molar-refractivity contribution in [3.8, 4) is 22.7 Å². The highest BCUT2D eigenvalue weighted by molar-refractivity contribution is 6.04. The van der Waals surface area contributed by atoms with Gasteiger partial charge in [-0.3, -0.25) is 9.59 Å². The standard InChI is InChI=1S/C27H22N4O5/c1-16-22(14-28-26(33)23-17(2)36-31-24(23)18-6-4-3-5-7-18)30-27(35-16)19-8-10-21(11-9-19)29-25(32)20-12-13-34-15-20/h3-13,15H,14H2,1-2H3,(H,28,33)(H,29,32). The number of amides is 2. The molecule has 2 amide bonds. The van der Waals surface area contributed by atoms with Crippen LogP contribution < -0.4 is 10.6 Å².